The first-order chi connectivity index (χ1) is 10.5. The van der Waals surface area contributed by atoms with Crippen molar-refractivity contribution >= 4 is 29.5 Å². The molecule has 0 radical (unpaired) electrons. The fraction of sp³-hybridized carbons (Fsp3) is 0.412. The third-order valence-corrected chi connectivity index (χ3v) is 4.32. The summed E-state index contributed by atoms with van der Waals surface area (Å²) in [5, 5.41) is 3.67. The predicted molar refractivity (Wildman–Crippen MR) is 88.6 cm³/mol. The van der Waals surface area contributed by atoms with Gasteiger partial charge in [0.15, 0.2) is 0 Å². The summed E-state index contributed by atoms with van der Waals surface area (Å²) in [6.45, 7) is 4.93. The highest BCUT2D eigenvalue weighted by Crippen LogP contribution is 2.17. The van der Waals surface area contributed by atoms with Crippen molar-refractivity contribution in [2.75, 3.05) is 13.1 Å². The third kappa shape index (κ3) is 4.60. The van der Waals surface area contributed by atoms with Crippen LogP contribution in [0.5, 0.6) is 0 Å². The van der Waals surface area contributed by atoms with Crippen molar-refractivity contribution in [3.8, 4) is 0 Å². The Kier molecular flexibility index (Phi) is 5.61. The monoisotopic (exact) mass is 320 g/mol. The van der Waals surface area contributed by atoms with Crippen LogP contribution in [0.4, 0.5) is 0 Å². The van der Waals surface area contributed by atoms with Crippen molar-refractivity contribution in [2.45, 2.75) is 32.7 Å². The highest BCUT2D eigenvalue weighted by atomic mass is 35.5. The van der Waals surface area contributed by atoms with E-state index in [0.717, 1.165) is 24.0 Å². The fourth-order valence-corrected chi connectivity index (χ4v) is 2.66. The van der Waals surface area contributed by atoms with E-state index in [9.17, 15) is 9.59 Å². The molecule has 0 saturated carbocycles. The molecule has 2 rings (SSSR count). The zero-order chi connectivity index (χ0) is 16.1. The fourth-order valence-electron chi connectivity index (χ4n) is 2.47. The Bertz CT molecular complexity index is 590. The molecule has 1 saturated heterocycles. The van der Waals surface area contributed by atoms with E-state index in [4.69, 9.17) is 11.6 Å². The van der Waals surface area contributed by atoms with E-state index in [-0.39, 0.29) is 17.9 Å². The standard InChI is InChI=1S/C17H21ClN2O2/c1-12-3-4-14(11-16(12)18)5-6-17(22)19-15-7-9-20(10-8-15)13(2)21/h3-6,11,15H,7-10H2,1-2H3,(H,19,22)/b6-5+. The summed E-state index contributed by atoms with van der Waals surface area (Å²) >= 11 is 6.06. The lowest BCUT2D eigenvalue weighted by Gasteiger charge is -2.31. The van der Waals surface area contributed by atoms with E-state index >= 15 is 0 Å². The van der Waals surface area contributed by atoms with Gasteiger partial charge in [-0.3, -0.25) is 9.59 Å². The molecule has 0 aromatic heterocycles. The van der Waals surface area contributed by atoms with Crippen molar-refractivity contribution in [1.82, 2.24) is 10.2 Å². The minimum Gasteiger partial charge on any atom is -0.350 e. The van der Waals surface area contributed by atoms with Crippen LogP contribution in [0.3, 0.4) is 0 Å². The number of halogens is 1. The predicted octanol–water partition coefficient (Wildman–Crippen LogP) is 2.79. The Morgan fingerprint density at radius 2 is 2.00 bits per heavy atom. The summed E-state index contributed by atoms with van der Waals surface area (Å²) in [7, 11) is 0. The van der Waals surface area contributed by atoms with Crippen molar-refractivity contribution < 1.29 is 9.59 Å². The van der Waals surface area contributed by atoms with Crippen LogP contribution in [-0.2, 0) is 9.59 Å². The molecule has 5 heteroatoms. The molecule has 4 nitrogen and oxygen atoms in total. The van der Waals surface area contributed by atoms with Crippen molar-refractivity contribution in [2.24, 2.45) is 0 Å². The molecule has 118 valence electrons. The van der Waals surface area contributed by atoms with Crippen molar-refractivity contribution in [3.05, 3.63) is 40.4 Å². The van der Waals surface area contributed by atoms with Crippen LogP contribution in [0, 0.1) is 6.92 Å². The number of likely N-dealkylation sites (tertiary alicyclic amines) is 1. The molecule has 1 aliphatic rings. The van der Waals surface area contributed by atoms with E-state index in [1.54, 1.807) is 13.0 Å². The number of piperidine rings is 1. The maximum absolute atomic E-state index is 11.9. The van der Waals surface area contributed by atoms with Crippen LogP contribution in [-0.4, -0.2) is 35.8 Å². The van der Waals surface area contributed by atoms with E-state index < -0.39 is 0 Å². The average Bonchev–Trinajstić information content (AvgIpc) is 2.49. The molecule has 1 fully saturated rings. The topological polar surface area (TPSA) is 49.4 Å². The van der Waals surface area contributed by atoms with Crippen LogP contribution >= 0.6 is 11.6 Å². The second-order valence-electron chi connectivity index (χ2n) is 5.63. The molecular weight excluding hydrogens is 300 g/mol. The quantitative estimate of drug-likeness (QED) is 0.871. The Morgan fingerprint density at radius 1 is 1.32 bits per heavy atom. The Labute approximate surface area is 136 Å². The first kappa shape index (κ1) is 16.6. The molecule has 1 aromatic carbocycles. The number of amides is 2. The van der Waals surface area contributed by atoms with Crippen LogP contribution in [0.25, 0.3) is 6.08 Å². The Morgan fingerprint density at radius 3 is 2.59 bits per heavy atom. The molecule has 0 spiro atoms. The number of nitrogens with zero attached hydrogens (tertiary/aromatic N) is 1. The minimum absolute atomic E-state index is 0.0981. The number of aryl methyl sites for hydroxylation is 1. The third-order valence-electron chi connectivity index (χ3n) is 3.91. The van der Waals surface area contributed by atoms with Gasteiger partial charge in [-0.25, -0.2) is 0 Å². The molecule has 22 heavy (non-hydrogen) atoms. The van der Waals surface area contributed by atoms with Gasteiger partial charge in [0.25, 0.3) is 0 Å². The summed E-state index contributed by atoms with van der Waals surface area (Å²) in [5.41, 5.74) is 1.91. The van der Waals surface area contributed by atoms with Crippen LogP contribution in [0.1, 0.15) is 30.9 Å². The molecule has 1 aliphatic heterocycles. The van der Waals surface area contributed by atoms with E-state index in [0.29, 0.717) is 18.1 Å². The highest BCUT2D eigenvalue weighted by molar-refractivity contribution is 6.31. The van der Waals surface area contributed by atoms with Gasteiger partial charge in [0, 0.05) is 37.2 Å². The van der Waals surface area contributed by atoms with Gasteiger partial charge in [-0.2, -0.15) is 0 Å². The molecule has 0 bridgehead atoms. The summed E-state index contributed by atoms with van der Waals surface area (Å²) in [5.74, 6) is -0.0149. The van der Waals surface area contributed by atoms with Crippen molar-refractivity contribution in [3.63, 3.8) is 0 Å². The number of benzene rings is 1. The summed E-state index contributed by atoms with van der Waals surface area (Å²) in [6.07, 6.45) is 4.88. The molecule has 0 aliphatic carbocycles. The van der Waals surface area contributed by atoms with Gasteiger partial charge in [0.05, 0.1) is 0 Å². The molecule has 1 heterocycles. The lowest BCUT2D eigenvalue weighted by molar-refractivity contribution is -0.129. The number of carbonyl (C=O) groups excluding carboxylic acids is 2. The van der Waals surface area contributed by atoms with Gasteiger partial charge in [0.1, 0.15) is 0 Å². The van der Waals surface area contributed by atoms with E-state index in [1.807, 2.05) is 30.0 Å². The highest BCUT2D eigenvalue weighted by Gasteiger charge is 2.21. The SMILES string of the molecule is CC(=O)N1CCC(NC(=O)/C=C/c2ccc(C)c(Cl)c2)CC1. The molecule has 0 unspecified atom stereocenters. The average molecular weight is 321 g/mol. The van der Waals surface area contributed by atoms with Gasteiger partial charge >= 0.3 is 0 Å². The smallest absolute Gasteiger partial charge is 0.244 e. The Balaban J connectivity index is 1.84. The normalized spacial score (nSPS) is 16.0. The van der Waals surface area contributed by atoms with E-state index in [2.05, 4.69) is 5.32 Å². The number of carbonyl (C=O) groups is 2. The number of hydrogen-bond donors (Lipinski definition) is 1. The second kappa shape index (κ2) is 7.45. The molecule has 1 aromatic rings. The summed E-state index contributed by atoms with van der Waals surface area (Å²) in [6, 6.07) is 5.83. The first-order valence-corrected chi connectivity index (χ1v) is 7.84. The lowest BCUT2D eigenvalue weighted by Crippen LogP contribution is -2.45. The Hall–Kier alpha value is -1.81. The number of nitrogens with one attached hydrogen (secondary N) is 1. The molecule has 1 N–H and O–H groups in total. The van der Waals surface area contributed by atoms with Gasteiger partial charge in [-0.15, -0.1) is 0 Å². The summed E-state index contributed by atoms with van der Waals surface area (Å²) < 4.78 is 0. The van der Waals surface area contributed by atoms with Gasteiger partial charge in [0.2, 0.25) is 11.8 Å². The molecule has 0 atom stereocenters. The zero-order valence-electron chi connectivity index (χ0n) is 12.9. The maximum atomic E-state index is 11.9. The minimum atomic E-state index is -0.113. The van der Waals surface area contributed by atoms with Crippen LogP contribution < -0.4 is 5.32 Å². The largest absolute Gasteiger partial charge is 0.350 e. The maximum Gasteiger partial charge on any atom is 0.244 e. The summed E-state index contributed by atoms with van der Waals surface area (Å²) in [4.78, 5) is 25.0. The second-order valence-corrected chi connectivity index (χ2v) is 6.04. The van der Waals surface area contributed by atoms with Crippen LogP contribution in [0.15, 0.2) is 24.3 Å². The van der Waals surface area contributed by atoms with Crippen LogP contribution in [0.2, 0.25) is 5.02 Å². The van der Waals surface area contributed by atoms with Crippen molar-refractivity contribution in [1.29, 1.82) is 0 Å². The van der Waals surface area contributed by atoms with Gasteiger partial charge in [-0.1, -0.05) is 23.7 Å². The molecule has 2 amide bonds. The van der Waals surface area contributed by atoms with Gasteiger partial charge < -0.3 is 10.2 Å². The van der Waals surface area contributed by atoms with Gasteiger partial charge in [-0.05, 0) is 43.0 Å². The lowest BCUT2D eigenvalue weighted by atomic mass is 10.0. The number of hydrogen-bond acceptors (Lipinski definition) is 2. The van der Waals surface area contributed by atoms with E-state index in [1.165, 1.54) is 6.08 Å². The first-order valence-electron chi connectivity index (χ1n) is 7.46. The number of rotatable bonds is 3. The molecular formula is C17H21ClN2O2. The zero-order valence-corrected chi connectivity index (χ0v) is 13.7.